The van der Waals surface area contributed by atoms with Gasteiger partial charge in [0.1, 0.15) is 11.6 Å². The van der Waals surface area contributed by atoms with Gasteiger partial charge in [-0.05, 0) is 18.6 Å². The maximum absolute atomic E-state index is 13.5. The fourth-order valence-corrected chi connectivity index (χ4v) is 4.97. The van der Waals surface area contributed by atoms with Crippen molar-refractivity contribution >= 4 is 15.9 Å². The van der Waals surface area contributed by atoms with Crippen LogP contribution < -0.4 is 0 Å². The van der Waals surface area contributed by atoms with E-state index >= 15 is 0 Å². The SMILES string of the molecule is CC(=O)N(CCc1noc(C(C)C)n1)C1CCN(S(=O)(=O)c2cc(F)cc(F)c2)C1. The van der Waals surface area contributed by atoms with E-state index in [9.17, 15) is 22.0 Å². The molecule has 2 heterocycles. The Morgan fingerprint density at radius 2 is 1.97 bits per heavy atom. The van der Waals surface area contributed by atoms with Gasteiger partial charge < -0.3 is 9.42 Å². The van der Waals surface area contributed by atoms with E-state index in [2.05, 4.69) is 10.1 Å². The molecule has 3 rings (SSSR count). The Morgan fingerprint density at radius 1 is 1.30 bits per heavy atom. The summed E-state index contributed by atoms with van der Waals surface area (Å²) < 4.78 is 58.8. The Hall–Kier alpha value is -2.40. The van der Waals surface area contributed by atoms with Gasteiger partial charge in [-0.2, -0.15) is 9.29 Å². The molecule has 8 nitrogen and oxygen atoms in total. The lowest BCUT2D eigenvalue weighted by Gasteiger charge is -2.27. The minimum atomic E-state index is -4.07. The summed E-state index contributed by atoms with van der Waals surface area (Å²) in [6.45, 7) is 5.76. The summed E-state index contributed by atoms with van der Waals surface area (Å²) in [5, 5.41) is 3.90. The van der Waals surface area contributed by atoms with Gasteiger partial charge >= 0.3 is 0 Å². The lowest BCUT2D eigenvalue weighted by Crippen LogP contribution is -2.42. The van der Waals surface area contributed by atoms with E-state index in [4.69, 9.17) is 4.52 Å². The molecule has 0 bridgehead atoms. The molecule has 11 heteroatoms. The summed E-state index contributed by atoms with van der Waals surface area (Å²) in [7, 11) is -4.07. The fourth-order valence-electron chi connectivity index (χ4n) is 3.43. The summed E-state index contributed by atoms with van der Waals surface area (Å²) in [6.07, 6.45) is 0.786. The molecule has 1 unspecified atom stereocenters. The van der Waals surface area contributed by atoms with Crippen LogP contribution >= 0.6 is 0 Å². The first-order valence-electron chi connectivity index (χ1n) is 9.64. The monoisotopic (exact) mass is 442 g/mol. The molecular formula is C19H24F2N4O4S. The number of rotatable bonds is 7. The topological polar surface area (TPSA) is 96.6 Å². The number of carbonyl (C=O) groups excluding carboxylic acids is 1. The molecule has 0 aliphatic carbocycles. The van der Waals surface area contributed by atoms with Crippen LogP contribution in [0.1, 0.15) is 44.8 Å². The van der Waals surface area contributed by atoms with Crippen molar-refractivity contribution in [1.29, 1.82) is 0 Å². The number of nitrogens with zero attached hydrogens (tertiary/aromatic N) is 4. The molecule has 0 N–H and O–H groups in total. The molecule has 2 aromatic rings. The Balaban J connectivity index is 1.69. The maximum atomic E-state index is 13.5. The number of aromatic nitrogens is 2. The lowest BCUT2D eigenvalue weighted by atomic mass is 10.2. The molecule has 1 aromatic heterocycles. The molecule has 164 valence electrons. The Bertz CT molecular complexity index is 1010. The minimum absolute atomic E-state index is 0.0452. The van der Waals surface area contributed by atoms with Crippen LogP contribution in [0.5, 0.6) is 0 Å². The number of benzene rings is 1. The average molecular weight is 442 g/mol. The van der Waals surface area contributed by atoms with Gasteiger partial charge in [-0.15, -0.1) is 0 Å². The summed E-state index contributed by atoms with van der Waals surface area (Å²) in [5.41, 5.74) is 0. The first-order valence-corrected chi connectivity index (χ1v) is 11.1. The quantitative estimate of drug-likeness (QED) is 0.653. The molecule has 0 saturated carbocycles. The van der Waals surface area contributed by atoms with Gasteiger partial charge in [-0.25, -0.2) is 17.2 Å². The molecule has 1 amide bonds. The van der Waals surface area contributed by atoms with Crippen molar-refractivity contribution in [2.45, 2.75) is 50.5 Å². The van der Waals surface area contributed by atoms with Gasteiger partial charge in [0.2, 0.25) is 21.8 Å². The molecule has 1 saturated heterocycles. The maximum Gasteiger partial charge on any atom is 0.243 e. The van der Waals surface area contributed by atoms with E-state index in [1.54, 1.807) is 4.90 Å². The van der Waals surface area contributed by atoms with E-state index in [0.717, 1.165) is 16.4 Å². The summed E-state index contributed by atoms with van der Waals surface area (Å²) in [4.78, 5) is 17.6. The van der Waals surface area contributed by atoms with Crippen LogP contribution in [0.15, 0.2) is 27.6 Å². The smallest absolute Gasteiger partial charge is 0.243 e. The van der Waals surface area contributed by atoms with Crippen LogP contribution in [0.3, 0.4) is 0 Å². The highest BCUT2D eigenvalue weighted by Crippen LogP contribution is 2.25. The van der Waals surface area contributed by atoms with Crippen LogP contribution in [0.2, 0.25) is 0 Å². The number of amides is 1. The molecule has 1 aliphatic rings. The predicted octanol–water partition coefficient (Wildman–Crippen LogP) is 2.33. The van der Waals surface area contributed by atoms with Gasteiger partial charge in [0.15, 0.2) is 5.82 Å². The number of halogens is 2. The molecule has 0 radical (unpaired) electrons. The molecular weight excluding hydrogens is 418 g/mol. The van der Waals surface area contributed by atoms with Crippen molar-refractivity contribution in [3.8, 4) is 0 Å². The summed E-state index contributed by atoms with van der Waals surface area (Å²) in [6, 6.07) is 1.84. The Morgan fingerprint density at radius 3 is 2.53 bits per heavy atom. The van der Waals surface area contributed by atoms with Crippen LogP contribution in [0, 0.1) is 11.6 Å². The number of sulfonamides is 1. The molecule has 1 aromatic carbocycles. The Kier molecular flexibility index (Phi) is 6.51. The lowest BCUT2D eigenvalue weighted by molar-refractivity contribution is -0.130. The third-order valence-electron chi connectivity index (χ3n) is 5.00. The van der Waals surface area contributed by atoms with Gasteiger partial charge in [-0.1, -0.05) is 19.0 Å². The molecule has 30 heavy (non-hydrogen) atoms. The highest BCUT2D eigenvalue weighted by atomic mass is 32.2. The zero-order valence-electron chi connectivity index (χ0n) is 17.0. The van der Waals surface area contributed by atoms with Gasteiger partial charge in [0.25, 0.3) is 0 Å². The average Bonchev–Trinajstić information content (AvgIpc) is 3.31. The molecule has 1 aliphatic heterocycles. The van der Waals surface area contributed by atoms with Crippen LogP contribution in [0.25, 0.3) is 0 Å². The summed E-state index contributed by atoms with van der Waals surface area (Å²) in [5.74, 6) is -1.05. The third-order valence-corrected chi connectivity index (χ3v) is 6.84. The zero-order chi connectivity index (χ0) is 22.1. The first-order chi connectivity index (χ1) is 14.1. The second kappa shape index (κ2) is 8.76. The van der Waals surface area contributed by atoms with Gasteiger partial charge in [0, 0.05) is 51.0 Å². The van der Waals surface area contributed by atoms with Crippen molar-refractivity contribution in [1.82, 2.24) is 19.3 Å². The first kappa shape index (κ1) is 22.3. The highest BCUT2D eigenvalue weighted by molar-refractivity contribution is 7.89. The van der Waals surface area contributed by atoms with Crippen LogP contribution in [-0.4, -0.2) is 59.3 Å². The van der Waals surface area contributed by atoms with E-state index < -0.39 is 26.6 Å². The Labute approximate surface area is 173 Å². The minimum Gasteiger partial charge on any atom is -0.339 e. The number of carbonyl (C=O) groups is 1. The molecule has 1 fully saturated rings. The van der Waals surface area contributed by atoms with Crippen LogP contribution in [0.4, 0.5) is 8.78 Å². The standard InChI is InChI=1S/C19H24F2N4O4S/c1-12(2)19-22-18(23-29-19)5-7-25(13(3)26)16-4-6-24(11-16)30(27,28)17-9-14(20)8-15(21)10-17/h8-10,12,16H,4-7,11H2,1-3H3. The third kappa shape index (κ3) is 4.84. The van der Waals surface area contributed by atoms with Crippen molar-refractivity contribution in [3.05, 3.63) is 41.5 Å². The van der Waals surface area contributed by atoms with E-state index in [1.807, 2.05) is 13.8 Å². The highest BCUT2D eigenvalue weighted by Gasteiger charge is 2.36. The molecule has 1 atom stereocenters. The molecule has 0 spiro atoms. The van der Waals surface area contributed by atoms with Crippen molar-refractivity contribution in [3.63, 3.8) is 0 Å². The van der Waals surface area contributed by atoms with Crippen LogP contribution in [-0.2, 0) is 21.2 Å². The van der Waals surface area contributed by atoms with Crippen molar-refractivity contribution in [2.75, 3.05) is 19.6 Å². The van der Waals surface area contributed by atoms with Gasteiger partial charge in [-0.3, -0.25) is 4.79 Å². The summed E-state index contributed by atoms with van der Waals surface area (Å²) >= 11 is 0. The second-order valence-electron chi connectivity index (χ2n) is 7.58. The second-order valence-corrected chi connectivity index (χ2v) is 9.51. The largest absolute Gasteiger partial charge is 0.339 e. The normalized spacial score (nSPS) is 17.6. The predicted molar refractivity (Wildman–Crippen MR) is 103 cm³/mol. The van der Waals surface area contributed by atoms with E-state index in [1.165, 1.54) is 6.92 Å². The fraction of sp³-hybridized carbons (Fsp3) is 0.526. The zero-order valence-corrected chi connectivity index (χ0v) is 17.8. The van der Waals surface area contributed by atoms with E-state index in [-0.39, 0.29) is 31.0 Å². The number of hydrogen-bond acceptors (Lipinski definition) is 6. The van der Waals surface area contributed by atoms with Gasteiger partial charge in [0.05, 0.1) is 4.90 Å². The van der Waals surface area contributed by atoms with Crippen molar-refractivity contribution < 1.29 is 26.5 Å². The van der Waals surface area contributed by atoms with Crippen molar-refractivity contribution in [2.24, 2.45) is 0 Å². The van der Waals surface area contributed by atoms with E-state index in [0.29, 0.717) is 37.2 Å². The number of hydrogen-bond donors (Lipinski definition) is 0.